The number of carbonyl (C=O) groups is 4. The molecule has 0 aliphatic heterocycles. The fourth-order valence-corrected chi connectivity index (χ4v) is 3.65. The molecule has 0 unspecified atom stereocenters. The first-order valence-corrected chi connectivity index (χ1v) is 11.2. The van der Waals surface area contributed by atoms with Crippen LogP contribution in [0.25, 0.3) is 6.08 Å². The summed E-state index contributed by atoms with van der Waals surface area (Å²) in [6.45, 7) is -0.332. The van der Waals surface area contributed by atoms with Crippen molar-refractivity contribution in [3.05, 3.63) is 93.6 Å². The first kappa shape index (κ1) is 26.5. The van der Waals surface area contributed by atoms with Crippen molar-refractivity contribution in [1.82, 2.24) is 20.9 Å². The van der Waals surface area contributed by atoms with Gasteiger partial charge in [-0.25, -0.2) is 4.79 Å². The third-order valence-corrected chi connectivity index (χ3v) is 5.30. The minimum atomic E-state index is -1.46. The molecule has 10 nitrogen and oxygen atoms in total. The molecule has 36 heavy (non-hydrogen) atoms. The molecule has 0 fully saturated rings. The van der Waals surface area contributed by atoms with E-state index in [1.807, 2.05) is 0 Å². The van der Waals surface area contributed by atoms with Crippen LogP contribution in [0, 0.1) is 0 Å². The van der Waals surface area contributed by atoms with Gasteiger partial charge in [0.1, 0.15) is 17.5 Å². The molecule has 3 amide bonds. The molecule has 0 aliphatic rings. The Morgan fingerprint density at radius 1 is 1.03 bits per heavy atom. The molecule has 0 radical (unpaired) electrons. The molecular weight excluding hydrogens is 511 g/mol. The Hall–Kier alpha value is -4.15. The molecule has 0 bridgehead atoms. The number of nitrogens with one attached hydrogen (secondary N) is 3. The van der Waals surface area contributed by atoms with Crippen molar-refractivity contribution in [2.75, 3.05) is 6.54 Å². The predicted molar refractivity (Wildman–Crippen MR) is 132 cm³/mol. The van der Waals surface area contributed by atoms with Crippen LogP contribution in [0.4, 0.5) is 0 Å². The number of hydrogen-bond acceptors (Lipinski definition) is 6. The van der Waals surface area contributed by atoms with Crippen molar-refractivity contribution in [2.24, 2.45) is 0 Å². The molecule has 0 aliphatic carbocycles. The number of carbonyl (C=O) groups excluding carboxylic acids is 3. The van der Waals surface area contributed by atoms with Crippen molar-refractivity contribution in [3.63, 3.8) is 0 Å². The number of aliphatic carboxylic acids is 1. The van der Waals surface area contributed by atoms with E-state index in [0.29, 0.717) is 11.3 Å². The Morgan fingerprint density at radius 3 is 2.39 bits per heavy atom. The lowest BCUT2D eigenvalue weighted by Gasteiger charge is -2.17. The number of aromatic nitrogens is 1. The van der Waals surface area contributed by atoms with Crippen LogP contribution in [0.3, 0.4) is 0 Å². The lowest BCUT2D eigenvalue weighted by Crippen LogP contribution is -2.48. The number of hydrogen-bond donors (Lipinski definition) is 4. The molecule has 0 spiro atoms. The summed E-state index contributed by atoms with van der Waals surface area (Å²) in [5.74, 6) is -2.70. The van der Waals surface area contributed by atoms with Crippen LogP contribution >= 0.6 is 23.2 Å². The number of nitrogens with zero attached hydrogens (tertiary/aromatic N) is 1. The van der Waals surface area contributed by atoms with Crippen molar-refractivity contribution < 1.29 is 28.7 Å². The number of benzene rings is 1. The van der Waals surface area contributed by atoms with Gasteiger partial charge in [-0.2, -0.15) is 0 Å². The van der Waals surface area contributed by atoms with Crippen LogP contribution in [0.2, 0.25) is 10.0 Å². The molecule has 1 aromatic carbocycles. The Labute approximate surface area is 215 Å². The zero-order chi connectivity index (χ0) is 26.1. The van der Waals surface area contributed by atoms with Gasteiger partial charge in [0.2, 0.25) is 5.91 Å². The Kier molecular flexibility index (Phi) is 9.20. The number of carboxylic acids is 1. The van der Waals surface area contributed by atoms with Crippen molar-refractivity contribution in [2.45, 2.75) is 12.6 Å². The van der Waals surface area contributed by atoms with Gasteiger partial charge in [0, 0.05) is 25.4 Å². The lowest BCUT2D eigenvalue weighted by atomic mass is 10.1. The van der Waals surface area contributed by atoms with E-state index < -0.39 is 36.3 Å². The molecule has 2 aromatic heterocycles. The third kappa shape index (κ3) is 7.42. The van der Waals surface area contributed by atoms with E-state index >= 15 is 0 Å². The first-order chi connectivity index (χ1) is 17.2. The van der Waals surface area contributed by atoms with Crippen LogP contribution in [0.1, 0.15) is 32.2 Å². The molecule has 0 saturated heterocycles. The van der Waals surface area contributed by atoms with Gasteiger partial charge >= 0.3 is 5.97 Å². The molecule has 0 saturated carbocycles. The Morgan fingerprint density at radius 2 is 1.78 bits per heavy atom. The summed E-state index contributed by atoms with van der Waals surface area (Å²) >= 11 is 12.5. The molecule has 12 heteroatoms. The second-order valence-corrected chi connectivity index (χ2v) is 8.10. The van der Waals surface area contributed by atoms with E-state index in [1.165, 1.54) is 42.8 Å². The monoisotopic (exact) mass is 530 g/mol. The summed E-state index contributed by atoms with van der Waals surface area (Å²) in [6.07, 6.45) is 5.70. The summed E-state index contributed by atoms with van der Waals surface area (Å²) in [5.41, 5.74) is 0.463. The van der Waals surface area contributed by atoms with E-state index in [0.717, 1.165) is 0 Å². The second kappa shape index (κ2) is 12.5. The Balaban J connectivity index is 1.60. The molecule has 2 heterocycles. The van der Waals surface area contributed by atoms with Crippen LogP contribution in [-0.2, 0) is 16.1 Å². The molecule has 1 atom stereocenters. The van der Waals surface area contributed by atoms with Crippen molar-refractivity contribution >= 4 is 53.0 Å². The van der Waals surface area contributed by atoms with Gasteiger partial charge in [-0.05, 0) is 48.0 Å². The molecule has 4 N–H and O–H groups in total. The highest BCUT2D eigenvalue weighted by atomic mass is 35.5. The third-order valence-electron chi connectivity index (χ3n) is 4.71. The quantitative estimate of drug-likeness (QED) is 0.294. The van der Waals surface area contributed by atoms with Crippen LogP contribution < -0.4 is 16.0 Å². The highest BCUT2D eigenvalue weighted by Crippen LogP contribution is 2.27. The van der Waals surface area contributed by atoms with E-state index in [2.05, 4.69) is 20.9 Å². The maximum Gasteiger partial charge on any atom is 0.328 e. The standard InChI is InChI=1S/C24H20Cl2N4O6/c25-16-10-14(12-28-20(31)7-6-15-4-3-9-36-15)11-17(26)21(16)23(33)30-19(24(34)35)13-29-22(32)18-5-1-2-8-27-18/h1-11,19H,12-13H2,(H,28,31)(H,29,32)(H,30,33)(H,34,35)/t19-/m0/s1. The number of pyridine rings is 1. The SMILES string of the molecule is O=C(C=Cc1ccco1)NCc1cc(Cl)c(C(=O)N[C@@H](CNC(=O)c2ccccn2)C(=O)O)c(Cl)c1. The van der Waals surface area contributed by atoms with Crippen molar-refractivity contribution in [3.8, 4) is 0 Å². The zero-order valence-electron chi connectivity index (χ0n) is 18.5. The van der Waals surface area contributed by atoms with Gasteiger partial charge in [-0.15, -0.1) is 0 Å². The maximum atomic E-state index is 12.7. The van der Waals surface area contributed by atoms with E-state index in [9.17, 15) is 24.3 Å². The molecular formula is C24H20Cl2N4O6. The Bertz CT molecular complexity index is 1260. The number of furan rings is 1. The molecule has 3 rings (SSSR count). The summed E-state index contributed by atoms with van der Waals surface area (Å²) in [4.78, 5) is 52.3. The van der Waals surface area contributed by atoms with Gasteiger partial charge in [-0.1, -0.05) is 29.3 Å². The van der Waals surface area contributed by atoms with E-state index in [-0.39, 0.29) is 27.8 Å². The number of amides is 3. The minimum absolute atomic E-state index is 0.0444. The largest absolute Gasteiger partial charge is 0.480 e. The predicted octanol–water partition coefficient (Wildman–Crippen LogP) is 2.92. The normalized spacial score (nSPS) is 11.6. The van der Waals surface area contributed by atoms with Gasteiger partial charge in [0.05, 0.1) is 21.9 Å². The number of rotatable bonds is 10. The van der Waals surface area contributed by atoms with Gasteiger partial charge < -0.3 is 25.5 Å². The smallest absolute Gasteiger partial charge is 0.328 e. The summed E-state index contributed by atoms with van der Waals surface area (Å²) in [7, 11) is 0. The topological polar surface area (TPSA) is 151 Å². The maximum absolute atomic E-state index is 12.7. The molecule has 3 aromatic rings. The highest BCUT2D eigenvalue weighted by Gasteiger charge is 2.25. The highest BCUT2D eigenvalue weighted by molar-refractivity contribution is 6.39. The minimum Gasteiger partial charge on any atom is -0.480 e. The average molecular weight is 531 g/mol. The van der Waals surface area contributed by atoms with E-state index in [4.69, 9.17) is 27.6 Å². The van der Waals surface area contributed by atoms with Gasteiger partial charge in [0.25, 0.3) is 11.8 Å². The van der Waals surface area contributed by atoms with Crippen molar-refractivity contribution in [1.29, 1.82) is 0 Å². The number of halogens is 2. The van der Waals surface area contributed by atoms with Gasteiger partial charge in [0.15, 0.2) is 0 Å². The van der Waals surface area contributed by atoms with E-state index in [1.54, 1.807) is 24.3 Å². The number of carboxylic acid groups (broad SMARTS) is 1. The fraction of sp³-hybridized carbons (Fsp3) is 0.125. The summed E-state index contributed by atoms with van der Waals surface area (Å²) in [5, 5.41) is 16.7. The van der Waals surface area contributed by atoms with Crippen LogP contribution in [-0.4, -0.2) is 46.4 Å². The van der Waals surface area contributed by atoms with Crippen LogP contribution in [0.5, 0.6) is 0 Å². The zero-order valence-corrected chi connectivity index (χ0v) is 20.0. The fourth-order valence-electron chi connectivity index (χ4n) is 2.95. The van der Waals surface area contributed by atoms with Crippen LogP contribution in [0.15, 0.2) is 65.4 Å². The second-order valence-electron chi connectivity index (χ2n) is 7.29. The lowest BCUT2D eigenvalue weighted by molar-refractivity contribution is -0.139. The first-order valence-electron chi connectivity index (χ1n) is 10.4. The average Bonchev–Trinajstić information content (AvgIpc) is 3.37. The summed E-state index contributed by atoms with van der Waals surface area (Å²) in [6, 6.07) is 9.47. The summed E-state index contributed by atoms with van der Waals surface area (Å²) < 4.78 is 5.10. The molecule has 186 valence electrons. The van der Waals surface area contributed by atoms with Gasteiger partial charge in [-0.3, -0.25) is 19.4 Å².